The SMILES string of the molecule is C=CCOc1ccc(/C=C2\SC(=Nc3ccc(OCC)cc3)NC2=O)cc1. The van der Waals surface area contributed by atoms with Gasteiger partial charge in [-0.2, -0.15) is 0 Å². The Morgan fingerprint density at radius 3 is 2.41 bits per heavy atom. The van der Waals surface area contributed by atoms with Crippen LogP contribution in [0.1, 0.15) is 12.5 Å². The number of nitrogens with zero attached hydrogens (tertiary/aromatic N) is 1. The van der Waals surface area contributed by atoms with Gasteiger partial charge in [0.05, 0.1) is 17.2 Å². The van der Waals surface area contributed by atoms with Gasteiger partial charge in [-0.15, -0.1) is 0 Å². The third kappa shape index (κ3) is 5.24. The fraction of sp³-hybridized carbons (Fsp3) is 0.143. The van der Waals surface area contributed by atoms with E-state index in [0.29, 0.717) is 23.3 Å². The topological polar surface area (TPSA) is 59.9 Å². The van der Waals surface area contributed by atoms with Crippen LogP contribution in [-0.4, -0.2) is 24.3 Å². The van der Waals surface area contributed by atoms with E-state index in [4.69, 9.17) is 9.47 Å². The number of carbonyl (C=O) groups is 1. The highest BCUT2D eigenvalue weighted by Crippen LogP contribution is 2.29. The van der Waals surface area contributed by atoms with Crippen molar-refractivity contribution >= 4 is 34.6 Å². The molecule has 0 saturated carbocycles. The van der Waals surface area contributed by atoms with E-state index in [2.05, 4.69) is 16.9 Å². The Balaban J connectivity index is 1.69. The maximum absolute atomic E-state index is 12.2. The predicted octanol–water partition coefficient (Wildman–Crippen LogP) is 4.54. The summed E-state index contributed by atoms with van der Waals surface area (Å²) < 4.78 is 10.9. The second kappa shape index (κ2) is 9.09. The molecule has 0 bridgehead atoms. The van der Waals surface area contributed by atoms with Crippen LogP contribution in [0.3, 0.4) is 0 Å². The molecule has 0 spiro atoms. The van der Waals surface area contributed by atoms with Crippen LogP contribution in [0.5, 0.6) is 11.5 Å². The minimum absolute atomic E-state index is 0.156. The molecule has 5 nitrogen and oxygen atoms in total. The molecule has 0 aromatic heterocycles. The number of nitrogens with one attached hydrogen (secondary N) is 1. The Bertz CT molecular complexity index is 871. The van der Waals surface area contributed by atoms with Crippen molar-refractivity contribution in [3.63, 3.8) is 0 Å². The van der Waals surface area contributed by atoms with Crippen LogP contribution in [0.4, 0.5) is 5.69 Å². The average Bonchev–Trinajstić information content (AvgIpc) is 3.02. The second-order valence-electron chi connectivity index (χ2n) is 5.58. The molecule has 6 heteroatoms. The van der Waals surface area contributed by atoms with E-state index in [1.807, 2.05) is 61.5 Å². The van der Waals surface area contributed by atoms with Crippen molar-refractivity contribution in [1.82, 2.24) is 5.32 Å². The summed E-state index contributed by atoms with van der Waals surface area (Å²) >= 11 is 1.32. The molecule has 1 N–H and O–H groups in total. The molecule has 2 aromatic rings. The first-order chi connectivity index (χ1) is 13.2. The van der Waals surface area contributed by atoms with Crippen molar-refractivity contribution in [1.29, 1.82) is 0 Å². The van der Waals surface area contributed by atoms with Gasteiger partial charge in [-0.25, -0.2) is 4.99 Å². The van der Waals surface area contributed by atoms with Crippen LogP contribution in [0.25, 0.3) is 6.08 Å². The minimum atomic E-state index is -0.156. The number of amidine groups is 1. The zero-order valence-corrected chi connectivity index (χ0v) is 15.8. The molecule has 1 amide bonds. The Hall–Kier alpha value is -2.99. The predicted molar refractivity (Wildman–Crippen MR) is 111 cm³/mol. The van der Waals surface area contributed by atoms with E-state index >= 15 is 0 Å². The van der Waals surface area contributed by atoms with Gasteiger partial charge >= 0.3 is 0 Å². The van der Waals surface area contributed by atoms with Crippen LogP contribution < -0.4 is 14.8 Å². The number of benzene rings is 2. The van der Waals surface area contributed by atoms with Gasteiger partial charge in [0, 0.05) is 0 Å². The molecular formula is C21H20N2O3S. The van der Waals surface area contributed by atoms with Crippen molar-refractivity contribution in [2.75, 3.05) is 13.2 Å². The molecule has 1 saturated heterocycles. The van der Waals surface area contributed by atoms with Crippen LogP contribution in [-0.2, 0) is 4.79 Å². The molecule has 0 atom stereocenters. The number of hydrogen-bond acceptors (Lipinski definition) is 5. The molecular weight excluding hydrogens is 360 g/mol. The maximum Gasteiger partial charge on any atom is 0.264 e. The van der Waals surface area contributed by atoms with Crippen LogP contribution in [0.2, 0.25) is 0 Å². The summed E-state index contributed by atoms with van der Waals surface area (Å²) in [6.45, 7) is 6.64. The fourth-order valence-corrected chi connectivity index (χ4v) is 3.19. The van der Waals surface area contributed by atoms with Gasteiger partial charge in [0.25, 0.3) is 5.91 Å². The van der Waals surface area contributed by atoms with Crippen molar-refractivity contribution in [2.45, 2.75) is 6.92 Å². The molecule has 27 heavy (non-hydrogen) atoms. The van der Waals surface area contributed by atoms with E-state index in [1.54, 1.807) is 6.08 Å². The van der Waals surface area contributed by atoms with Gasteiger partial charge < -0.3 is 14.8 Å². The van der Waals surface area contributed by atoms with Crippen molar-refractivity contribution < 1.29 is 14.3 Å². The first-order valence-electron chi connectivity index (χ1n) is 8.54. The quantitative estimate of drug-likeness (QED) is 0.566. The van der Waals surface area contributed by atoms with Crippen molar-refractivity contribution in [2.24, 2.45) is 4.99 Å². The van der Waals surface area contributed by atoms with E-state index in [0.717, 1.165) is 22.7 Å². The molecule has 1 aliphatic rings. The lowest BCUT2D eigenvalue weighted by molar-refractivity contribution is -0.115. The highest BCUT2D eigenvalue weighted by atomic mass is 32.2. The summed E-state index contributed by atoms with van der Waals surface area (Å²) in [6.07, 6.45) is 3.53. The lowest BCUT2D eigenvalue weighted by atomic mass is 10.2. The zero-order valence-electron chi connectivity index (χ0n) is 15.0. The van der Waals surface area contributed by atoms with Crippen LogP contribution in [0.15, 0.2) is 71.1 Å². The van der Waals surface area contributed by atoms with Gasteiger partial charge in [0.2, 0.25) is 0 Å². The van der Waals surface area contributed by atoms with E-state index in [-0.39, 0.29) is 5.91 Å². The van der Waals surface area contributed by atoms with Gasteiger partial charge in [0.15, 0.2) is 5.17 Å². The Labute approximate surface area is 162 Å². The summed E-state index contributed by atoms with van der Waals surface area (Å²) in [7, 11) is 0. The van der Waals surface area contributed by atoms with Crippen molar-refractivity contribution in [3.05, 3.63) is 71.7 Å². The lowest BCUT2D eigenvalue weighted by Gasteiger charge is -2.03. The summed E-state index contributed by atoms with van der Waals surface area (Å²) in [5.74, 6) is 1.40. The maximum atomic E-state index is 12.2. The highest BCUT2D eigenvalue weighted by molar-refractivity contribution is 8.18. The standard InChI is InChI=1S/C21H20N2O3S/c1-3-13-26-18-9-5-15(6-10-18)14-19-20(24)23-21(27-19)22-16-7-11-17(12-8-16)25-4-2/h3,5-12,14H,1,4,13H2,2H3,(H,22,23,24)/b19-14-. The Kier molecular flexibility index (Phi) is 6.33. The van der Waals surface area contributed by atoms with E-state index in [9.17, 15) is 4.79 Å². The number of thioether (sulfide) groups is 1. The molecule has 0 unspecified atom stereocenters. The van der Waals surface area contributed by atoms with E-state index in [1.165, 1.54) is 11.8 Å². The number of ether oxygens (including phenoxy) is 2. The molecule has 1 fully saturated rings. The number of aliphatic imine (C=N–C) groups is 1. The number of hydrogen-bond donors (Lipinski definition) is 1. The van der Waals surface area contributed by atoms with Crippen molar-refractivity contribution in [3.8, 4) is 11.5 Å². The first kappa shape index (κ1) is 18.8. The monoisotopic (exact) mass is 380 g/mol. The number of amides is 1. The normalized spacial score (nSPS) is 16.4. The molecule has 0 aliphatic carbocycles. The third-order valence-corrected chi connectivity index (χ3v) is 4.48. The zero-order chi connectivity index (χ0) is 19.1. The van der Waals surface area contributed by atoms with Gasteiger partial charge in [0.1, 0.15) is 18.1 Å². The third-order valence-electron chi connectivity index (χ3n) is 3.57. The highest BCUT2D eigenvalue weighted by Gasteiger charge is 2.23. The largest absolute Gasteiger partial charge is 0.494 e. The van der Waals surface area contributed by atoms with Gasteiger partial charge in [-0.1, -0.05) is 24.8 Å². The van der Waals surface area contributed by atoms with Crippen LogP contribution in [0, 0.1) is 0 Å². The Morgan fingerprint density at radius 1 is 1.07 bits per heavy atom. The summed E-state index contributed by atoms with van der Waals surface area (Å²) in [6, 6.07) is 15.0. The average molecular weight is 380 g/mol. The Morgan fingerprint density at radius 2 is 1.74 bits per heavy atom. The molecule has 3 rings (SSSR count). The molecule has 1 aliphatic heterocycles. The van der Waals surface area contributed by atoms with Crippen LogP contribution >= 0.6 is 11.8 Å². The number of carbonyl (C=O) groups excluding carboxylic acids is 1. The summed E-state index contributed by atoms with van der Waals surface area (Å²) in [5, 5.41) is 3.35. The fourth-order valence-electron chi connectivity index (χ4n) is 2.35. The second-order valence-corrected chi connectivity index (χ2v) is 6.61. The van der Waals surface area contributed by atoms with E-state index < -0.39 is 0 Å². The molecule has 1 heterocycles. The van der Waals surface area contributed by atoms with Gasteiger partial charge in [-0.3, -0.25) is 4.79 Å². The number of rotatable bonds is 7. The summed E-state index contributed by atoms with van der Waals surface area (Å²) in [4.78, 5) is 17.3. The lowest BCUT2D eigenvalue weighted by Crippen LogP contribution is -2.19. The van der Waals surface area contributed by atoms with Gasteiger partial charge in [-0.05, 0) is 66.7 Å². The smallest absolute Gasteiger partial charge is 0.264 e. The first-order valence-corrected chi connectivity index (χ1v) is 9.36. The summed E-state index contributed by atoms with van der Waals surface area (Å²) in [5.41, 5.74) is 1.67. The minimum Gasteiger partial charge on any atom is -0.494 e. The molecule has 2 aromatic carbocycles. The molecule has 0 radical (unpaired) electrons. The molecule has 138 valence electrons.